The van der Waals surface area contributed by atoms with Crippen LogP contribution in [0.25, 0.3) is 0 Å². The maximum atomic E-state index is 13.5. The van der Waals surface area contributed by atoms with Gasteiger partial charge < -0.3 is 5.73 Å². The zero-order chi connectivity index (χ0) is 14.0. The van der Waals surface area contributed by atoms with E-state index in [1.54, 1.807) is 6.07 Å². The van der Waals surface area contributed by atoms with Crippen LogP contribution >= 0.6 is 12.2 Å². The Morgan fingerprint density at radius 1 is 1.53 bits per heavy atom. The summed E-state index contributed by atoms with van der Waals surface area (Å²) in [5, 5.41) is 0. The third-order valence-corrected chi connectivity index (χ3v) is 4.17. The normalized spacial score (nSPS) is 20.1. The van der Waals surface area contributed by atoms with E-state index in [-0.39, 0.29) is 10.8 Å². The lowest BCUT2D eigenvalue weighted by atomic mass is 9.95. The molecule has 1 unspecified atom stereocenters. The number of likely N-dealkylation sites (tertiary alicyclic amines) is 1. The van der Waals surface area contributed by atoms with Crippen molar-refractivity contribution < 1.29 is 4.39 Å². The Morgan fingerprint density at radius 3 is 2.84 bits per heavy atom. The van der Waals surface area contributed by atoms with Crippen molar-refractivity contribution in [1.29, 1.82) is 0 Å². The van der Waals surface area contributed by atoms with E-state index in [4.69, 9.17) is 18.0 Å². The highest BCUT2D eigenvalue weighted by atomic mass is 32.1. The van der Waals surface area contributed by atoms with Crippen LogP contribution in [0, 0.1) is 17.7 Å². The Hall–Kier alpha value is -1.00. The number of nitrogens with zero attached hydrogens (tertiary/aromatic N) is 1. The lowest BCUT2D eigenvalue weighted by Crippen LogP contribution is -2.22. The van der Waals surface area contributed by atoms with Crippen LogP contribution in [0.15, 0.2) is 18.2 Å². The van der Waals surface area contributed by atoms with Gasteiger partial charge in [-0.2, -0.15) is 0 Å². The van der Waals surface area contributed by atoms with Gasteiger partial charge >= 0.3 is 0 Å². The molecule has 1 aliphatic heterocycles. The third-order valence-electron chi connectivity index (χ3n) is 3.95. The predicted molar refractivity (Wildman–Crippen MR) is 80.5 cm³/mol. The SMILES string of the molecule is CC(C)C1CCN(Cc2ccc(F)c(C(N)=S)c2)C1. The first-order valence-electron chi connectivity index (χ1n) is 6.78. The molecule has 104 valence electrons. The van der Waals surface area contributed by atoms with Gasteiger partial charge in [0, 0.05) is 18.7 Å². The molecule has 4 heteroatoms. The molecule has 2 rings (SSSR count). The number of rotatable bonds is 4. The Balaban J connectivity index is 2.04. The largest absolute Gasteiger partial charge is 0.389 e. The van der Waals surface area contributed by atoms with Gasteiger partial charge in [-0.15, -0.1) is 0 Å². The number of halogens is 1. The lowest BCUT2D eigenvalue weighted by molar-refractivity contribution is 0.296. The summed E-state index contributed by atoms with van der Waals surface area (Å²) >= 11 is 4.87. The molecule has 0 saturated carbocycles. The van der Waals surface area contributed by atoms with E-state index in [2.05, 4.69) is 18.7 Å². The highest BCUT2D eigenvalue weighted by Gasteiger charge is 2.24. The second kappa shape index (κ2) is 5.97. The quantitative estimate of drug-likeness (QED) is 0.860. The molecular weight excluding hydrogens is 259 g/mol. The van der Waals surface area contributed by atoms with Gasteiger partial charge in [-0.05, 0) is 42.5 Å². The molecular formula is C15H21FN2S. The van der Waals surface area contributed by atoms with E-state index in [1.165, 1.54) is 12.5 Å². The number of hydrogen-bond acceptors (Lipinski definition) is 2. The number of thiocarbonyl (C=S) groups is 1. The average Bonchev–Trinajstić information content (AvgIpc) is 2.80. The number of nitrogens with two attached hydrogens (primary N) is 1. The number of benzene rings is 1. The van der Waals surface area contributed by atoms with Crippen molar-refractivity contribution in [2.24, 2.45) is 17.6 Å². The van der Waals surface area contributed by atoms with Gasteiger partial charge in [0.1, 0.15) is 10.8 Å². The molecule has 0 bridgehead atoms. The first-order chi connectivity index (χ1) is 8.97. The minimum absolute atomic E-state index is 0.126. The van der Waals surface area contributed by atoms with E-state index in [0.717, 1.165) is 37.0 Å². The first kappa shape index (κ1) is 14.4. The molecule has 1 saturated heterocycles. The number of hydrogen-bond donors (Lipinski definition) is 1. The van der Waals surface area contributed by atoms with Gasteiger partial charge in [0.2, 0.25) is 0 Å². The predicted octanol–water partition coefficient (Wildman–Crippen LogP) is 2.94. The Morgan fingerprint density at radius 2 is 2.26 bits per heavy atom. The molecule has 0 aromatic heterocycles. The molecule has 1 heterocycles. The minimum Gasteiger partial charge on any atom is -0.389 e. The summed E-state index contributed by atoms with van der Waals surface area (Å²) in [5.41, 5.74) is 6.96. The summed E-state index contributed by atoms with van der Waals surface area (Å²) in [4.78, 5) is 2.54. The summed E-state index contributed by atoms with van der Waals surface area (Å²) in [6.07, 6.45) is 1.25. The molecule has 0 radical (unpaired) electrons. The molecule has 1 fully saturated rings. The van der Waals surface area contributed by atoms with Gasteiger partial charge in [0.05, 0.1) is 0 Å². The summed E-state index contributed by atoms with van der Waals surface area (Å²) in [6.45, 7) is 7.63. The minimum atomic E-state index is -0.335. The van der Waals surface area contributed by atoms with Crippen molar-refractivity contribution in [3.05, 3.63) is 35.1 Å². The van der Waals surface area contributed by atoms with Crippen molar-refractivity contribution in [2.45, 2.75) is 26.8 Å². The fraction of sp³-hybridized carbons (Fsp3) is 0.533. The summed E-state index contributed by atoms with van der Waals surface area (Å²) < 4.78 is 13.5. The van der Waals surface area contributed by atoms with E-state index in [9.17, 15) is 4.39 Å². The van der Waals surface area contributed by atoms with Crippen LogP contribution in [0.2, 0.25) is 0 Å². The van der Waals surface area contributed by atoms with Gasteiger partial charge in [-0.1, -0.05) is 32.1 Å². The molecule has 2 nitrogen and oxygen atoms in total. The molecule has 1 aromatic rings. The summed E-state index contributed by atoms with van der Waals surface area (Å²) in [7, 11) is 0. The zero-order valence-electron chi connectivity index (χ0n) is 11.5. The molecule has 1 aromatic carbocycles. The van der Waals surface area contributed by atoms with Gasteiger partial charge in [0.15, 0.2) is 0 Å². The van der Waals surface area contributed by atoms with E-state index < -0.39 is 0 Å². The van der Waals surface area contributed by atoms with Crippen LogP contribution < -0.4 is 5.73 Å². The van der Waals surface area contributed by atoms with Gasteiger partial charge in [-0.25, -0.2) is 4.39 Å². The van der Waals surface area contributed by atoms with Crippen LogP contribution in [0.3, 0.4) is 0 Å². The van der Waals surface area contributed by atoms with Crippen molar-refractivity contribution in [3.8, 4) is 0 Å². The first-order valence-corrected chi connectivity index (χ1v) is 7.18. The molecule has 1 atom stereocenters. The van der Waals surface area contributed by atoms with Crippen molar-refractivity contribution in [1.82, 2.24) is 4.90 Å². The van der Waals surface area contributed by atoms with E-state index >= 15 is 0 Å². The second-order valence-corrected chi connectivity index (χ2v) is 6.15. The summed E-state index contributed by atoms with van der Waals surface area (Å²) in [5.74, 6) is 1.17. The Labute approximate surface area is 119 Å². The molecule has 0 spiro atoms. The van der Waals surface area contributed by atoms with Gasteiger partial charge in [0.25, 0.3) is 0 Å². The Bertz CT molecular complexity index is 473. The topological polar surface area (TPSA) is 29.3 Å². The van der Waals surface area contributed by atoms with Crippen LogP contribution in [0.1, 0.15) is 31.4 Å². The maximum Gasteiger partial charge on any atom is 0.133 e. The molecule has 0 amide bonds. The second-order valence-electron chi connectivity index (χ2n) is 5.71. The van der Waals surface area contributed by atoms with Crippen molar-refractivity contribution in [3.63, 3.8) is 0 Å². The Kier molecular flexibility index (Phi) is 4.53. The summed E-state index contributed by atoms with van der Waals surface area (Å²) in [6, 6.07) is 5.06. The highest BCUT2D eigenvalue weighted by molar-refractivity contribution is 7.80. The van der Waals surface area contributed by atoms with Crippen LogP contribution in [-0.2, 0) is 6.54 Å². The monoisotopic (exact) mass is 280 g/mol. The molecule has 2 N–H and O–H groups in total. The van der Waals surface area contributed by atoms with Crippen molar-refractivity contribution >= 4 is 17.2 Å². The van der Waals surface area contributed by atoms with Crippen molar-refractivity contribution in [2.75, 3.05) is 13.1 Å². The fourth-order valence-corrected chi connectivity index (χ4v) is 2.82. The van der Waals surface area contributed by atoms with Crippen LogP contribution in [0.5, 0.6) is 0 Å². The molecule has 1 aliphatic rings. The van der Waals surface area contributed by atoms with Gasteiger partial charge in [-0.3, -0.25) is 4.90 Å². The lowest BCUT2D eigenvalue weighted by Gasteiger charge is -2.18. The van der Waals surface area contributed by atoms with E-state index in [0.29, 0.717) is 5.56 Å². The molecule has 0 aliphatic carbocycles. The third kappa shape index (κ3) is 3.51. The molecule has 19 heavy (non-hydrogen) atoms. The maximum absolute atomic E-state index is 13.5. The average molecular weight is 280 g/mol. The van der Waals surface area contributed by atoms with Crippen LogP contribution in [-0.4, -0.2) is 23.0 Å². The highest BCUT2D eigenvalue weighted by Crippen LogP contribution is 2.25. The van der Waals surface area contributed by atoms with Crippen LogP contribution in [0.4, 0.5) is 4.39 Å². The smallest absolute Gasteiger partial charge is 0.133 e. The van der Waals surface area contributed by atoms with E-state index in [1.807, 2.05) is 6.07 Å². The standard InChI is InChI=1S/C15H21FN2S/c1-10(2)12-5-6-18(9-12)8-11-3-4-14(16)13(7-11)15(17)19/h3-4,7,10,12H,5-6,8-9H2,1-2H3,(H2,17,19). The zero-order valence-corrected chi connectivity index (χ0v) is 12.3. The fourth-order valence-electron chi connectivity index (χ4n) is 2.67.